The Kier molecular flexibility index (Phi) is 5.53. The molecule has 0 aliphatic rings. The molecular weight excluding hydrogens is 192 g/mol. The van der Waals surface area contributed by atoms with Crippen LogP contribution in [0.1, 0.15) is 18.9 Å². The lowest BCUT2D eigenvalue weighted by Crippen LogP contribution is -1.98. The summed E-state index contributed by atoms with van der Waals surface area (Å²) >= 11 is 1.97. The number of hydrogen-bond acceptors (Lipinski definition) is 2. The van der Waals surface area contributed by atoms with Crippen LogP contribution < -0.4 is 4.74 Å². The minimum Gasteiger partial charge on any atom is -0.494 e. The Bertz CT molecular complexity index is 260. The summed E-state index contributed by atoms with van der Waals surface area (Å²) in [6, 6.07) is 8.21. The first-order valence-electron chi connectivity index (χ1n) is 5.10. The molecule has 0 aliphatic carbocycles. The SMILES string of the molecule is CCSCCCOc1cccc(C)c1. The van der Waals surface area contributed by atoms with Crippen LogP contribution >= 0.6 is 11.8 Å². The molecule has 0 N–H and O–H groups in total. The van der Waals surface area contributed by atoms with Gasteiger partial charge in [0.2, 0.25) is 0 Å². The highest BCUT2D eigenvalue weighted by Crippen LogP contribution is 2.12. The second-order valence-corrected chi connectivity index (χ2v) is 4.61. The lowest BCUT2D eigenvalue weighted by Gasteiger charge is -2.05. The molecule has 0 aromatic heterocycles. The Morgan fingerprint density at radius 2 is 2.21 bits per heavy atom. The molecule has 14 heavy (non-hydrogen) atoms. The number of benzene rings is 1. The first-order chi connectivity index (χ1) is 6.83. The molecule has 0 fully saturated rings. The molecule has 1 nitrogen and oxygen atoms in total. The van der Waals surface area contributed by atoms with Gasteiger partial charge >= 0.3 is 0 Å². The number of aryl methyl sites for hydroxylation is 1. The fourth-order valence-electron chi connectivity index (χ4n) is 1.20. The Morgan fingerprint density at radius 1 is 1.36 bits per heavy atom. The Balaban J connectivity index is 2.18. The topological polar surface area (TPSA) is 9.23 Å². The molecule has 0 radical (unpaired) electrons. The molecular formula is C12H18OS. The molecule has 0 heterocycles. The molecule has 0 atom stereocenters. The van der Waals surface area contributed by atoms with Crippen LogP contribution in [0, 0.1) is 6.92 Å². The van der Waals surface area contributed by atoms with Gasteiger partial charge in [-0.05, 0) is 42.5 Å². The van der Waals surface area contributed by atoms with Crippen LogP contribution in [0.5, 0.6) is 5.75 Å². The van der Waals surface area contributed by atoms with E-state index in [1.54, 1.807) is 0 Å². The molecule has 0 saturated carbocycles. The standard InChI is InChI=1S/C12H18OS/c1-3-14-9-5-8-13-12-7-4-6-11(2)10-12/h4,6-7,10H,3,5,8-9H2,1-2H3. The van der Waals surface area contributed by atoms with Crippen molar-refractivity contribution in [3.63, 3.8) is 0 Å². The van der Waals surface area contributed by atoms with Crippen molar-refractivity contribution in [3.05, 3.63) is 29.8 Å². The summed E-state index contributed by atoms with van der Waals surface area (Å²) in [6.45, 7) is 5.10. The van der Waals surface area contributed by atoms with Crippen molar-refractivity contribution in [1.82, 2.24) is 0 Å². The molecule has 0 bridgehead atoms. The van der Waals surface area contributed by atoms with Crippen molar-refractivity contribution in [2.24, 2.45) is 0 Å². The fourth-order valence-corrected chi connectivity index (χ4v) is 1.81. The van der Waals surface area contributed by atoms with Crippen molar-refractivity contribution >= 4 is 11.8 Å². The number of hydrogen-bond donors (Lipinski definition) is 0. The summed E-state index contributed by atoms with van der Waals surface area (Å²) in [5, 5.41) is 0. The summed E-state index contributed by atoms with van der Waals surface area (Å²) in [5.74, 6) is 3.39. The summed E-state index contributed by atoms with van der Waals surface area (Å²) in [4.78, 5) is 0. The highest BCUT2D eigenvalue weighted by molar-refractivity contribution is 7.99. The zero-order valence-electron chi connectivity index (χ0n) is 8.95. The van der Waals surface area contributed by atoms with Crippen LogP contribution in [-0.2, 0) is 0 Å². The van der Waals surface area contributed by atoms with E-state index < -0.39 is 0 Å². The van der Waals surface area contributed by atoms with E-state index in [1.807, 2.05) is 23.9 Å². The third-order valence-electron chi connectivity index (χ3n) is 1.90. The van der Waals surface area contributed by atoms with Gasteiger partial charge in [-0.1, -0.05) is 19.1 Å². The zero-order valence-corrected chi connectivity index (χ0v) is 9.77. The van der Waals surface area contributed by atoms with E-state index in [1.165, 1.54) is 17.1 Å². The van der Waals surface area contributed by atoms with Gasteiger partial charge in [-0.25, -0.2) is 0 Å². The third-order valence-corrected chi connectivity index (χ3v) is 2.88. The molecule has 1 aromatic rings. The van der Waals surface area contributed by atoms with E-state index in [0.717, 1.165) is 18.8 Å². The monoisotopic (exact) mass is 210 g/mol. The summed E-state index contributed by atoms with van der Waals surface area (Å²) < 4.78 is 5.62. The molecule has 2 heteroatoms. The lowest BCUT2D eigenvalue weighted by atomic mass is 10.2. The number of ether oxygens (including phenoxy) is 1. The van der Waals surface area contributed by atoms with E-state index in [-0.39, 0.29) is 0 Å². The van der Waals surface area contributed by atoms with Crippen molar-refractivity contribution < 1.29 is 4.74 Å². The lowest BCUT2D eigenvalue weighted by molar-refractivity contribution is 0.318. The Labute approximate surface area is 90.9 Å². The van der Waals surface area contributed by atoms with Crippen molar-refractivity contribution in [3.8, 4) is 5.75 Å². The van der Waals surface area contributed by atoms with Crippen LogP contribution in [0.4, 0.5) is 0 Å². The molecule has 78 valence electrons. The smallest absolute Gasteiger partial charge is 0.119 e. The molecule has 0 aliphatic heterocycles. The van der Waals surface area contributed by atoms with Crippen molar-refractivity contribution in [1.29, 1.82) is 0 Å². The Morgan fingerprint density at radius 3 is 2.93 bits per heavy atom. The highest BCUT2D eigenvalue weighted by atomic mass is 32.2. The maximum absolute atomic E-state index is 5.62. The first-order valence-corrected chi connectivity index (χ1v) is 6.25. The summed E-state index contributed by atoms with van der Waals surface area (Å²) in [6.07, 6.45) is 1.13. The van der Waals surface area contributed by atoms with E-state index in [4.69, 9.17) is 4.74 Å². The average Bonchev–Trinajstić information content (AvgIpc) is 2.18. The van der Waals surface area contributed by atoms with Gasteiger partial charge in [-0.2, -0.15) is 11.8 Å². The van der Waals surface area contributed by atoms with Gasteiger partial charge in [0.05, 0.1) is 6.61 Å². The fraction of sp³-hybridized carbons (Fsp3) is 0.500. The maximum Gasteiger partial charge on any atom is 0.119 e. The minimum atomic E-state index is 0.830. The van der Waals surface area contributed by atoms with Gasteiger partial charge in [0.25, 0.3) is 0 Å². The second kappa shape index (κ2) is 6.77. The molecule has 0 saturated heterocycles. The molecule has 1 aromatic carbocycles. The molecule has 0 amide bonds. The highest BCUT2D eigenvalue weighted by Gasteiger charge is 1.93. The molecule has 0 spiro atoms. The number of rotatable bonds is 6. The van der Waals surface area contributed by atoms with Crippen molar-refractivity contribution in [2.75, 3.05) is 18.1 Å². The normalized spacial score (nSPS) is 10.1. The van der Waals surface area contributed by atoms with Crippen LogP contribution in [0.2, 0.25) is 0 Å². The predicted molar refractivity (Wildman–Crippen MR) is 64.3 cm³/mol. The van der Waals surface area contributed by atoms with Crippen LogP contribution in [0.15, 0.2) is 24.3 Å². The van der Waals surface area contributed by atoms with Crippen LogP contribution in [0.25, 0.3) is 0 Å². The zero-order chi connectivity index (χ0) is 10.2. The van der Waals surface area contributed by atoms with E-state index >= 15 is 0 Å². The van der Waals surface area contributed by atoms with Crippen LogP contribution in [0.3, 0.4) is 0 Å². The van der Waals surface area contributed by atoms with Gasteiger partial charge in [-0.15, -0.1) is 0 Å². The van der Waals surface area contributed by atoms with E-state index in [0.29, 0.717) is 0 Å². The predicted octanol–water partition coefficient (Wildman–Crippen LogP) is 3.52. The maximum atomic E-state index is 5.62. The van der Waals surface area contributed by atoms with Crippen LogP contribution in [-0.4, -0.2) is 18.1 Å². The second-order valence-electron chi connectivity index (χ2n) is 3.22. The largest absolute Gasteiger partial charge is 0.494 e. The van der Waals surface area contributed by atoms with E-state index in [9.17, 15) is 0 Å². The van der Waals surface area contributed by atoms with Gasteiger partial charge in [0.1, 0.15) is 5.75 Å². The van der Waals surface area contributed by atoms with Crippen molar-refractivity contribution in [2.45, 2.75) is 20.3 Å². The summed E-state index contributed by atoms with van der Waals surface area (Å²) in [5.41, 5.74) is 1.26. The molecule has 1 rings (SSSR count). The van der Waals surface area contributed by atoms with Gasteiger partial charge in [-0.3, -0.25) is 0 Å². The summed E-state index contributed by atoms with van der Waals surface area (Å²) in [7, 11) is 0. The van der Waals surface area contributed by atoms with Gasteiger partial charge in [0.15, 0.2) is 0 Å². The van der Waals surface area contributed by atoms with E-state index in [2.05, 4.69) is 26.0 Å². The Hall–Kier alpha value is -0.630. The van der Waals surface area contributed by atoms with Gasteiger partial charge < -0.3 is 4.74 Å². The first kappa shape index (κ1) is 11.4. The number of thioether (sulfide) groups is 1. The van der Waals surface area contributed by atoms with Gasteiger partial charge in [0, 0.05) is 0 Å². The molecule has 0 unspecified atom stereocenters. The minimum absolute atomic E-state index is 0.830. The average molecular weight is 210 g/mol. The quantitative estimate of drug-likeness (QED) is 0.664. The third kappa shape index (κ3) is 4.56.